The van der Waals surface area contributed by atoms with Crippen molar-refractivity contribution in [3.8, 4) is 0 Å². The summed E-state index contributed by atoms with van der Waals surface area (Å²) in [5.74, 6) is -0.116. The number of aryl methyl sites for hydroxylation is 1. The Kier molecular flexibility index (Phi) is 5.07. The number of rotatable bonds is 5. The first-order valence-corrected chi connectivity index (χ1v) is 11.1. The molecule has 0 saturated heterocycles. The molecular formula is C24H20N4O3S. The molecule has 7 nitrogen and oxygen atoms in total. The summed E-state index contributed by atoms with van der Waals surface area (Å²) < 4.78 is 7.23. The van der Waals surface area contributed by atoms with Gasteiger partial charge >= 0.3 is 0 Å². The lowest BCUT2D eigenvalue weighted by molar-refractivity contribution is -0.115. The van der Waals surface area contributed by atoms with Crippen LogP contribution in [0.4, 0.5) is 10.8 Å². The molecule has 0 unspecified atom stereocenters. The molecule has 0 spiro atoms. The summed E-state index contributed by atoms with van der Waals surface area (Å²) in [6.07, 6.45) is 2.32. The van der Waals surface area contributed by atoms with Gasteiger partial charge in [0.1, 0.15) is 11.1 Å². The van der Waals surface area contributed by atoms with Gasteiger partial charge in [0.25, 0.3) is 5.56 Å². The van der Waals surface area contributed by atoms with Crippen molar-refractivity contribution in [3.63, 3.8) is 0 Å². The van der Waals surface area contributed by atoms with Crippen LogP contribution in [0.3, 0.4) is 0 Å². The van der Waals surface area contributed by atoms with Crippen molar-refractivity contribution in [2.75, 3.05) is 4.90 Å². The Balaban J connectivity index is 1.50. The van der Waals surface area contributed by atoms with Gasteiger partial charge in [-0.15, -0.1) is 11.3 Å². The van der Waals surface area contributed by atoms with Crippen LogP contribution in [0.25, 0.3) is 22.1 Å². The number of nitrogens with zero attached hydrogens (tertiary/aromatic N) is 4. The zero-order chi connectivity index (χ0) is 22.2. The van der Waals surface area contributed by atoms with Crippen LogP contribution in [0.15, 0.2) is 69.5 Å². The van der Waals surface area contributed by atoms with Crippen LogP contribution in [0, 0.1) is 0 Å². The van der Waals surface area contributed by atoms with Gasteiger partial charge in [-0.1, -0.05) is 37.3 Å². The topological polar surface area (TPSA) is 81.2 Å². The van der Waals surface area contributed by atoms with E-state index in [1.165, 1.54) is 29.2 Å². The standard InChI is InChI=1S/C24H20N4O3S/c1-3-16-8-4-6-10-19(16)28(15(2)29)24-26-17(13-32-24)12-27-14-25-21-18-9-5-7-11-20(18)31-22(21)23(27)30/h4-11,13-14H,3,12H2,1-2H3. The first-order chi connectivity index (χ1) is 15.6. The Morgan fingerprint density at radius 1 is 1.16 bits per heavy atom. The number of anilines is 2. The Labute approximate surface area is 187 Å². The third-order valence-electron chi connectivity index (χ3n) is 5.34. The summed E-state index contributed by atoms with van der Waals surface area (Å²) in [5.41, 5.74) is 3.71. The Morgan fingerprint density at radius 3 is 2.75 bits per heavy atom. The number of amides is 1. The minimum absolute atomic E-state index is 0.116. The number of hydrogen-bond acceptors (Lipinski definition) is 6. The van der Waals surface area contributed by atoms with Gasteiger partial charge in [-0.25, -0.2) is 9.97 Å². The molecule has 0 saturated carbocycles. The second-order valence-corrected chi connectivity index (χ2v) is 8.25. The lowest BCUT2D eigenvalue weighted by Crippen LogP contribution is -2.24. The number of fused-ring (bicyclic) bond motifs is 3. The summed E-state index contributed by atoms with van der Waals surface area (Å²) in [6.45, 7) is 3.81. The molecule has 0 atom stereocenters. The second-order valence-electron chi connectivity index (χ2n) is 7.41. The van der Waals surface area contributed by atoms with E-state index in [1.54, 1.807) is 4.90 Å². The summed E-state index contributed by atoms with van der Waals surface area (Å²) in [6, 6.07) is 15.2. The number of furan rings is 1. The van der Waals surface area contributed by atoms with Crippen LogP contribution in [-0.2, 0) is 17.8 Å². The van der Waals surface area contributed by atoms with Crippen molar-refractivity contribution >= 4 is 50.1 Å². The first kappa shape index (κ1) is 20.1. The van der Waals surface area contributed by atoms with Gasteiger partial charge in [-0.2, -0.15) is 0 Å². The van der Waals surface area contributed by atoms with Crippen LogP contribution in [0.5, 0.6) is 0 Å². The number of carbonyl (C=O) groups is 1. The van der Waals surface area contributed by atoms with Crippen molar-refractivity contribution in [2.45, 2.75) is 26.8 Å². The van der Waals surface area contributed by atoms with Gasteiger partial charge in [0.2, 0.25) is 11.5 Å². The molecule has 0 bridgehead atoms. The third-order valence-corrected chi connectivity index (χ3v) is 6.22. The van der Waals surface area contributed by atoms with E-state index in [0.717, 1.165) is 23.1 Å². The Morgan fingerprint density at radius 2 is 1.94 bits per heavy atom. The minimum Gasteiger partial charge on any atom is -0.448 e. The molecule has 0 radical (unpaired) electrons. The summed E-state index contributed by atoms with van der Waals surface area (Å²) in [7, 11) is 0. The molecule has 0 N–H and O–H groups in total. The van der Waals surface area contributed by atoms with E-state index >= 15 is 0 Å². The van der Waals surface area contributed by atoms with E-state index in [0.29, 0.717) is 21.9 Å². The molecule has 1 amide bonds. The average molecular weight is 445 g/mol. The molecule has 2 aromatic carbocycles. The molecule has 0 aliphatic rings. The molecule has 160 valence electrons. The average Bonchev–Trinajstić information content (AvgIpc) is 3.41. The first-order valence-electron chi connectivity index (χ1n) is 10.3. The molecule has 0 fully saturated rings. The van der Waals surface area contributed by atoms with Gasteiger partial charge in [-0.3, -0.25) is 19.1 Å². The molecular weight excluding hydrogens is 424 g/mol. The van der Waals surface area contributed by atoms with E-state index in [9.17, 15) is 9.59 Å². The number of carbonyl (C=O) groups excluding carboxylic acids is 1. The molecule has 3 heterocycles. The third kappa shape index (κ3) is 3.38. The fourth-order valence-electron chi connectivity index (χ4n) is 3.81. The molecule has 5 rings (SSSR count). The van der Waals surface area contributed by atoms with Crippen LogP contribution < -0.4 is 10.5 Å². The van der Waals surface area contributed by atoms with Crippen molar-refractivity contribution in [1.29, 1.82) is 0 Å². The summed E-state index contributed by atoms with van der Waals surface area (Å²) in [5, 5.41) is 3.24. The largest absolute Gasteiger partial charge is 0.448 e. The molecule has 32 heavy (non-hydrogen) atoms. The highest BCUT2D eigenvalue weighted by Crippen LogP contribution is 2.32. The number of aromatic nitrogens is 3. The minimum atomic E-state index is -0.263. The van der Waals surface area contributed by atoms with E-state index in [2.05, 4.69) is 16.9 Å². The molecule has 0 aliphatic carbocycles. The van der Waals surface area contributed by atoms with Gasteiger partial charge < -0.3 is 4.42 Å². The highest BCUT2D eigenvalue weighted by molar-refractivity contribution is 7.14. The van der Waals surface area contributed by atoms with Crippen molar-refractivity contribution in [3.05, 3.63) is 81.8 Å². The highest BCUT2D eigenvalue weighted by Gasteiger charge is 2.21. The van der Waals surface area contributed by atoms with E-state index in [1.807, 2.05) is 53.9 Å². The van der Waals surface area contributed by atoms with Gasteiger partial charge in [0, 0.05) is 17.7 Å². The maximum atomic E-state index is 13.0. The number of hydrogen-bond donors (Lipinski definition) is 0. The monoisotopic (exact) mass is 444 g/mol. The SMILES string of the molecule is CCc1ccccc1N(C(C)=O)c1nc(Cn2cnc3c(oc4ccccc43)c2=O)cs1. The predicted octanol–water partition coefficient (Wildman–Crippen LogP) is 4.89. The highest BCUT2D eigenvalue weighted by atomic mass is 32.1. The maximum Gasteiger partial charge on any atom is 0.297 e. The Bertz CT molecular complexity index is 1510. The van der Waals surface area contributed by atoms with Crippen molar-refractivity contribution in [2.24, 2.45) is 0 Å². The van der Waals surface area contributed by atoms with E-state index in [-0.39, 0.29) is 23.6 Å². The number of thiazole rings is 1. The smallest absolute Gasteiger partial charge is 0.297 e. The van der Waals surface area contributed by atoms with Gasteiger partial charge in [0.15, 0.2) is 5.13 Å². The lowest BCUT2D eigenvalue weighted by Gasteiger charge is -2.21. The van der Waals surface area contributed by atoms with Crippen LogP contribution >= 0.6 is 11.3 Å². The van der Waals surface area contributed by atoms with E-state index < -0.39 is 0 Å². The summed E-state index contributed by atoms with van der Waals surface area (Å²) >= 11 is 1.37. The van der Waals surface area contributed by atoms with Crippen molar-refractivity contribution in [1.82, 2.24) is 14.5 Å². The molecule has 5 aromatic rings. The van der Waals surface area contributed by atoms with Crippen LogP contribution in [-0.4, -0.2) is 20.4 Å². The quantitative estimate of drug-likeness (QED) is 0.385. The van der Waals surface area contributed by atoms with Gasteiger partial charge in [-0.05, 0) is 30.2 Å². The molecule has 3 aromatic heterocycles. The summed E-state index contributed by atoms with van der Waals surface area (Å²) in [4.78, 5) is 36.2. The maximum absolute atomic E-state index is 13.0. The predicted molar refractivity (Wildman–Crippen MR) is 126 cm³/mol. The molecule has 8 heteroatoms. The zero-order valence-corrected chi connectivity index (χ0v) is 18.4. The van der Waals surface area contributed by atoms with Crippen molar-refractivity contribution < 1.29 is 9.21 Å². The van der Waals surface area contributed by atoms with E-state index in [4.69, 9.17) is 4.42 Å². The van der Waals surface area contributed by atoms with Crippen LogP contribution in [0.2, 0.25) is 0 Å². The van der Waals surface area contributed by atoms with Crippen LogP contribution in [0.1, 0.15) is 25.1 Å². The Hall–Kier alpha value is -3.78. The fourth-order valence-corrected chi connectivity index (χ4v) is 4.68. The normalized spacial score (nSPS) is 11.3. The number of benzene rings is 2. The van der Waals surface area contributed by atoms with Gasteiger partial charge in [0.05, 0.1) is 24.3 Å². The lowest BCUT2D eigenvalue weighted by atomic mass is 10.1. The molecule has 0 aliphatic heterocycles. The number of para-hydroxylation sites is 2. The fraction of sp³-hybridized carbons (Fsp3) is 0.167. The second kappa shape index (κ2) is 8.05. The zero-order valence-electron chi connectivity index (χ0n) is 17.6.